The van der Waals surface area contributed by atoms with Gasteiger partial charge in [-0.05, 0) is 24.7 Å². The molecule has 1 rings (SSSR count). The van der Waals surface area contributed by atoms with Crippen molar-refractivity contribution < 1.29 is 5.11 Å². The largest absolute Gasteiger partial charge is 0.390 e. The van der Waals surface area contributed by atoms with Crippen LogP contribution in [0.3, 0.4) is 0 Å². The van der Waals surface area contributed by atoms with Gasteiger partial charge in [-0.3, -0.25) is 0 Å². The Morgan fingerprint density at radius 2 is 1.79 bits per heavy atom. The Hall–Kier alpha value is -0.0400. The summed E-state index contributed by atoms with van der Waals surface area (Å²) in [5, 5.41) is 9.84. The molecule has 0 aliphatic heterocycles. The van der Waals surface area contributed by atoms with E-state index in [1.54, 1.807) is 0 Å². The van der Waals surface area contributed by atoms with E-state index >= 15 is 0 Å². The van der Waals surface area contributed by atoms with Crippen LogP contribution in [-0.4, -0.2) is 10.7 Å². The van der Waals surface area contributed by atoms with Gasteiger partial charge in [0.25, 0.3) is 0 Å². The van der Waals surface area contributed by atoms with Crippen LogP contribution >= 0.6 is 0 Å². The van der Waals surface area contributed by atoms with E-state index in [1.165, 1.54) is 32.1 Å². The van der Waals surface area contributed by atoms with Crippen LogP contribution in [0.2, 0.25) is 0 Å². The average Bonchev–Trinajstić information content (AvgIpc) is 2.67. The molecular weight excluding hydrogens is 172 g/mol. The van der Waals surface area contributed by atoms with E-state index in [0.717, 1.165) is 18.8 Å². The van der Waals surface area contributed by atoms with E-state index in [2.05, 4.69) is 20.8 Å². The molecule has 0 heterocycles. The van der Waals surface area contributed by atoms with Gasteiger partial charge in [0.2, 0.25) is 0 Å². The topological polar surface area (TPSA) is 20.2 Å². The average molecular weight is 198 g/mol. The van der Waals surface area contributed by atoms with E-state index in [9.17, 15) is 5.11 Å². The second-order valence-corrected chi connectivity index (χ2v) is 5.56. The number of hydrogen-bond acceptors (Lipinski definition) is 1. The standard InChI is InChI=1S/C13H26O/c1-11(2)8-6-4-5-7-9-13(14)10-12(13)3/h11-12,14H,4-10H2,1-3H3. The second kappa shape index (κ2) is 5.16. The van der Waals surface area contributed by atoms with Crippen molar-refractivity contribution in [2.45, 2.75) is 71.3 Å². The van der Waals surface area contributed by atoms with Crippen LogP contribution in [0.15, 0.2) is 0 Å². The van der Waals surface area contributed by atoms with Crippen LogP contribution in [0.1, 0.15) is 65.7 Å². The maximum absolute atomic E-state index is 9.84. The first kappa shape index (κ1) is 12.0. The predicted molar refractivity (Wildman–Crippen MR) is 61.3 cm³/mol. The van der Waals surface area contributed by atoms with Crippen molar-refractivity contribution in [3.8, 4) is 0 Å². The van der Waals surface area contributed by atoms with E-state index in [0.29, 0.717) is 5.92 Å². The molecule has 0 aromatic heterocycles. The van der Waals surface area contributed by atoms with Gasteiger partial charge in [0.05, 0.1) is 5.60 Å². The number of unbranched alkanes of at least 4 members (excludes halogenated alkanes) is 3. The molecule has 84 valence electrons. The Balaban J connectivity index is 1.86. The number of aliphatic hydroxyl groups is 1. The van der Waals surface area contributed by atoms with E-state index < -0.39 is 0 Å². The zero-order valence-electron chi connectivity index (χ0n) is 10.1. The summed E-state index contributed by atoms with van der Waals surface area (Å²) in [4.78, 5) is 0. The van der Waals surface area contributed by atoms with Gasteiger partial charge >= 0.3 is 0 Å². The maximum atomic E-state index is 9.84. The van der Waals surface area contributed by atoms with Gasteiger partial charge in [0, 0.05) is 0 Å². The molecule has 2 atom stereocenters. The lowest BCUT2D eigenvalue weighted by Crippen LogP contribution is -2.09. The Labute approximate surface area is 88.9 Å². The van der Waals surface area contributed by atoms with Crippen molar-refractivity contribution in [2.24, 2.45) is 11.8 Å². The Bertz CT molecular complexity index is 165. The third-order valence-electron chi connectivity index (χ3n) is 3.56. The van der Waals surface area contributed by atoms with Crippen molar-refractivity contribution in [3.05, 3.63) is 0 Å². The Kier molecular flexibility index (Phi) is 4.43. The number of hydrogen-bond donors (Lipinski definition) is 1. The Morgan fingerprint density at radius 3 is 2.29 bits per heavy atom. The fraction of sp³-hybridized carbons (Fsp3) is 1.00. The molecule has 1 saturated carbocycles. The smallest absolute Gasteiger partial charge is 0.0677 e. The molecule has 0 spiro atoms. The minimum absolute atomic E-state index is 0.252. The Morgan fingerprint density at radius 1 is 1.21 bits per heavy atom. The molecule has 2 unspecified atom stereocenters. The molecule has 1 fully saturated rings. The second-order valence-electron chi connectivity index (χ2n) is 5.56. The highest BCUT2D eigenvalue weighted by Crippen LogP contribution is 2.46. The van der Waals surface area contributed by atoms with Crippen molar-refractivity contribution in [1.29, 1.82) is 0 Å². The van der Waals surface area contributed by atoms with Gasteiger partial charge in [-0.1, -0.05) is 52.9 Å². The van der Waals surface area contributed by atoms with Crippen molar-refractivity contribution >= 4 is 0 Å². The first-order chi connectivity index (χ1) is 6.54. The first-order valence-corrected chi connectivity index (χ1v) is 6.27. The van der Waals surface area contributed by atoms with Crippen molar-refractivity contribution in [2.75, 3.05) is 0 Å². The summed E-state index contributed by atoms with van der Waals surface area (Å²) in [6.07, 6.45) is 8.69. The summed E-state index contributed by atoms with van der Waals surface area (Å²) in [5.74, 6) is 1.42. The molecule has 0 amide bonds. The maximum Gasteiger partial charge on any atom is 0.0677 e. The monoisotopic (exact) mass is 198 g/mol. The first-order valence-electron chi connectivity index (χ1n) is 6.27. The van der Waals surface area contributed by atoms with Crippen LogP contribution in [0.4, 0.5) is 0 Å². The van der Waals surface area contributed by atoms with Gasteiger partial charge in [0.1, 0.15) is 0 Å². The van der Waals surface area contributed by atoms with Crippen LogP contribution in [0.5, 0.6) is 0 Å². The lowest BCUT2D eigenvalue weighted by atomic mass is 10.0. The third kappa shape index (κ3) is 4.00. The quantitative estimate of drug-likeness (QED) is 0.618. The van der Waals surface area contributed by atoms with Gasteiger partial charge in [0.15, 0.2) is 0 Å². The van der Waals surface area contributed by atoms with Crippen LogP contribution in [0, 0.1) is 11.8 Å². The fourth-order valence-corrected chi connectivity index (χ4v) is 2.16. The summed E-state index contributed by atoms with van der Waals surface area (Å²) >= 11 is 0. The molecule has 1 nitrogen and oxygen atoms in total. The summed E-state index contributed by atoms with van der Waals surface area (Å²) in [5.41, 5.74) is -0.252. The molecule has 1 aliphatic carbocycles. The van der Waals surface area contributed by atoms with Gasteiger partial charge in [-0.15, -0.1) is 0 Å². The molecule has 0 radical (unpaired) electrons. The highest BCUT2D eigenvalue weighted by Gasteiger charge is 2.48. The molecule has 0 saturated heterocycles. The lowest BCUT2D eigenvalue weighted by Gasteiger charge is -2.08. The normalized spacial score (nSPS) is 31.1. The van der Waals surface area contributed by atoms with Crippen molar-refractivity contribution in [3.63, 3.8) is 0 Å². The predicted octanol–water partition coefficient (Wildman–Crippen LogP) is 3.75. The molecule has 1 heteroatoms. The summed E-state index contributed by atoms with van der Waals surface area (Å²) < 4.78 is 0. The van der Waals surface area contributed by atoms with E-state index in [4.69, 9.17) is 0 Å². The summed E-state index contributed by atoms with van der Waals surface area (Å²) in [6, 6.07) is 0. The summed E-state index contributed by atoms with van der Waals surface area (Å²) in [7, 11) is 0. The van der Waals surface area contributed by atoms with E-state index in [1.807, 2.05) is 0 Å². The summed E-state index contributed by atoms with van der Waals surface area (Å²) in [6.45, 7) is 6.72. The zero-order valence-corrected chi connectivity index (χ0v) is 10.1. The van der Waals surface area contributed by atoms with Gasteiger partial charge < -0.3 is 5.11 Å². The minimum atomic E-state index is -0.252. The molecule has 1 N–H and O–H groups in total. The van der Waals surface area contributed by atoms with Gasteiger partial charge in [-0.25, -0.2) is 0 Å². The number of rotatable bonds is 7. The lowest BCUT2D eigenvalue weighted by molar-refractivity contribution is 0.120. The van der Waals surface area contributed by atoms with Crippen LogP contribution in [-0.2, 0) is 0 Å². The molecule has 0 aromatic rings. The van der Waals surface area contributed by atoms with Gasteiger partial charge in [-0.2, -0.15) is 0 Å². The molecule has 1 aliphatic rings. The molecular formula is C13H26O. The van der Waals surface area contributed by atoms with Crippen LogP contribution in [0.25, 0.3) is 0 Å². The van der Waals surface area contributed by atoms with Crippen LogP contribution < -0.4 is 0 Å². The zero-order chi connectivity index (χ0) is 10.6. The van der Waals surface area contributed by atoms with E-state index in [-0.39, 0.29) is 5.60 Å². The molecule has 14 heavy (non-hydrogen) atoms. The minimum Gasteiger partial charge on any atom is -0.390 e. The third-order valence-corrected chi connectivity index (χ3v) is 3.56. The fourth-order valence-electron chi connectivity index (χ4n) is 2.16. The molecule has 0 bridgehead atoms. The van der Waals surface area contributed by atoms with Crippen molar-refractivity contribution in [1.82, 2.24) is 0 Å². The molecule has 0 aromatic carbocycles. The highest BCUT2D eigenvalue weighted by molar-refractivity contribution is 5.00. The highest BCUT2D eigenvalue weighted by atomic mass is 16.3. The SMILES string of the molecule is CC(C)CCCCCCC1(O)CC1C.